The van der Waals surface area contributed by atoms with Crippen LogP contribution in [0.3, 0.4) is 0 Å². The number of carbonyl (C=O) groups excluding carboxylic acids is 1. The van der Waals surface area contributed by atoms with Crippen molar-refractivity contribution in [3.8, 4) is 11.1 Å². The van der Waals surface area contributed by atoms with Crippen LogP contribution >= 0.6 is 11.6 Å². The molecular formula is C20H22ClN5O. The Morgan fingerprint density at radius 3 is 2.48 bits per heavy atom. The summed E-state index contributed by atoms with van der Waals surface area (Å²) in [5.74, 6) is -0.0526. The molecule has 0 radical (unpaired) electrons. The van der Waals surface area contributed by atoms with Gasteiger partial charge in [0.1, 0.15) is 0 Å². The SMILES string of the molecule is CCc1nn2c(C)c(C(=O)N3CCCCC3)nnc2c1-c1ccc(Cl)cc1. The number of benzene rings is 1. The van der Waals surface area contributed by atoms with Crippen molar-refractivity contribution in [1.29, 1.82) is 0 Å². The first kappa shape index (κ1) is 17.9. The van der Waals surface area contributed by atoms with Crippen molar-refractivity contribution in [2.75, 3.05) is 13.1 Å². The molecule has 1 amide bonds. The monoisotopic (exact) mass is 383 g/mol. The summed E-state index contributed by atoms with van der Waals surface area (Å²) in [6.45, 7) is 5.52. The molecule has 0 bridgehead atoms. The zero-order valence-corrected chi connectivity index (χ0v) is 16.3. The molecule has 2 aromatic heterocycles. The number of hydrogen-bond acceptors (Lipinski definition) is 4. The quantitative estimate of drug-likeness (QED) is 0.687. The molecule has 1 aliphatic rings. The number of aryl methyl sites for hydroxylation is 2. The normalized spacial score (nSPS) is 14.7. The van der Waals surface area contributed by atoms with Crippen LogP contribution in [0.25, 0.3) is 16.8 Å². The van der Waals surface area contributed by atoms with Gasteiger partial charge in [0.25, 0.3) is 5.91 Å². The third kappa shape index (κ3) is 3.18. The molecule has 3 heterocycles. The van der Waals surface area contributed by atoms with E-state index in [0.29, 0.717) is 16.4 Å². The highest BCUT2D eigenvalue weighted by Crippen LogP contribution is 2.29. The Labute approximate surface area is 163 Å². The Bertz CT molecular complexity index is 990. The fourth-order valence-corrected chi connectivity index (χ4v) is 3.78. The molecule has 27 heavy (non-hydrogen) atoms. The fourth-order valence-electron chi connectivity index (χ4n) is 3.65. The average Bonchev–Trinajstić information content (AvgIpc) is 3.09. The highest BCUT2D eigenvalue weighted by atomic mass is 35.5. The molecule has 0 unspecified atom stereocenters. The highest BCUT2D eigenvalue weighted by Gasteiger charge is 2.25. The minimum absolute atomic E-state index is 0.0526. The van der Waals surface area contributed by atoms with Crippen LogP contribution in [0.15, 0.2) is 24.3 Å². The van der Waals surface area contributed by atoms with E-state index in [1.165, 1.54) is 6.42 Å². The number of carbonyl (C=O) groups is 1. The Morgan fingerprint density at radius 1 is 1.11 bits per heavy atom. The first-order valence-corrected chi connectivity index (χ1v) is 9.78. The molecule has 0 spiro atoms. The number of rotatable bonds is 3. The van der Waals surface area contributed by atoms with Gasteiger partial charge in [0, 0.05) is 18.1 Å². The van der Waals surface area contributed by atoms with Crippen molar-refractivity contribution >= 4 is 23.2 Å². The van der Waals surface area contributed by atoms with E-state index in [2.05, 4.69) is 17.1 Å². The lowest BCUT2D eigenvalue weighted by atomic mass is 10.0. The second kappa shape index (κ2) is 7.27. The summed E-state index contributed by atoms with van der Waals surface area (Å²) < 4.78 is 1.76. The van der Waals surface area contributed by atoms with Gasteiger partial charge >= 0.3 is 0 Å². The molecule has 7 heteroatoms. The Morgan fingerprint density at radius 2 is 1.81 bits per heavy atom. The summed E-state index contributed by atoms with van der Waals surface area (Å²) in [7, 11) is 0. The third-order valence-electron chi connectivity index (χ3n) is 5.15. The predicted molar refractivity (Wildman–Crippen MR) is 105 cm³/mol. The zero-order chi connectivity index (χ0) is 19.0. The topological polar surface area (TPSA) is 63.4 Å². The highest BCUT2D eigenvalue weighted by molar-refractivity contribution is 6.30. The molecule has 1 fully saturated rings. The van der Waals surface area contributed by atoms with Gasteiger partial charge in [-0.25, -0.2) is 4.52 Å². The van der Waals surface area contributed by atoms with Gasteiger partial charge in [0.15, 0.2) is 11.3 Å². The number of aromatic nitrogens is 4. The van der Waals surface area contributed by atoms with Gasteiger partial charge in [0.2, 0.25) is 0 Å². The summed E-state index contributed by atoms with van der Waals surface area (Å²) in [5, 5.41) is 14.1. The van der Waals surface area contributed by atoms with Crippen molar-refractivity contribution < 1.29 is 4.79 Å². The van der Waals surface area contributed by atoms with Crippen LogP contribution in [0.5, 0.6) is 0 Å². The molecule has 0 N–H and O–H groups in total. The van der Waals surface area contributed by atoms with E-state index in [-0.39, 0.29) is 5.91 Å². The lowest BCUT2D eigenvalue weighted by Gasteiger charge is -2.26. The second-order valence-electron chi connectivity index (χ2n) is 6.90. The van der Waals surface area contributed by atoms with Crippen molar-refractivity contribution in [1.82, 2.24) is 24.7 Å². The lowest BCUT2D eigenvalue weighted by Crippen LogP contribution is -2.37. The molecule has 1 aliphatic heterocycles. The smallest absolute Gasteiger partial charge is 0.276 e. The van der Waals surface area contributed by atoms with Crippen molar-refractivity contribution in [2.45, 2.75) is 39.5 Å². The first-order chi connectivity index (χ1) is 13.1. The molecule has 140 valence electrons. The fraction of sp³-hybridized carbons (Fsp3) is 0.400. The molecule has 1 saturated heterocycles. The van der Waals surface area contributed by atoms with Gasteiger partial charge in [-0.3, -0.25) is 4.79 Å². The van der Waals surface area contributed by atoms with E-state index in [1.54, 1.807) is 4.52 Å². The number of halogens is 1. The number of piperidine rings is 1. The van der Waals surface area contributed by atoms with Crippen LogP contribution in [-0.2, 0) is 6.42 Å². The molecule has 6 nitrogen and oxygen atoms in total. The maximum atomic E-state index is 12.9. The third-order valence-corrected chi connectivity index (χ3v) is 5.40. The summed E-state index contributed by atoms with van der Waals surface area (Å²) in [4.78, 5) is 14.8. The molecule has 0 saturated carbocycles. The Kier molecular flexibility index (Phi) is 4.83. The van der Waals surface area contributed by atoms with Crippen LogP contribution in [0.4, 0.5) is 0 Å². The minimum Gasteiger partial charge on any atom is -0.337 e. The summed E-state index contributed by atoms with van der Waals surface area (Å²) in [6, 6.07) is 7.63. The van der Waals surface area contributed by atoms with Crippen molar-refractivity contribution in [3.63, 3.8) is 0 Å². The second-order valence-corrected chi connectivity index (χ2v) is 7.34. The van der Waals surface area contributed by atoms with Crippen LogP contribution in [-0.4, -0.2) is 43.7 Å². The van der Waals surface area contributed by atoms with Crippen LogP contribution < -0.4 is 0 Å². The Hall–Kier alpha value is -2.47. The number of amides is 1. The minimum atomic E-state index is -0.0526. The van der Waals surface area contributed by atoms with Gasteiger partial charge in [-0.05, 0) is 50.3 Å². The largest absolute Gasteiger partial charge is 0.337 e. The number of fused-ring (bicyclic) bond motifs is 1. The zero-order valence-electron chi connectivity index (χ0n) is 15.6. The van der Waals surface area contributed by atoms with Crippen LogP contribution in [0.2, 0.25) is 5.02 Å². The van der Waals surface area contributed by atoms with Gasteiger partial charge < -0.3 is 4.90 Å². The summed E-state index contributed by atoms with van der Waals surface area (Å²) >= 11 is 6.03. The van der Waals surface area contributed by atoms with Gasteiger partial charge in [0.05, 0.1) is 17.0 Å². The van der Waals surface area contributed by atoms with Crippen LogP contribution in [0, 0.1) is 6.92 Å². The number of nitrogens with zero attached hydrogens (tertiary/aromatic N) is 5. The van der Waals surface area contributed by atoms with E-state index in [0.717, 1.165) is 54.9 Å². The number of likely N-dealkylation sites (tertiary alicyclic amines) is 1. The average molecular weight is 384 g/mol. The molecule has 3 aromatic rings. The van der Waals surface area contributed by atoms with Crippen molar-refractivity contribution in [3.05, 3.63) is 46.4 Å². The maximum Gasteiger partial charge on any atom is 0.276 e. The Balaban J connectivity index is 1.82. The molecule has 0 atom stereocenters. The van der Waals surface area contributed by atoms with E-state index < -0.39 is 0 Å². The van der Waals surface area contributed by atoms with Crippen LogP contribution in [0.1, 0.15) is 48.1 Å². The maximum absolute atomic E-state index is 12.9. The van der Waals surface area contributed by atoms with E-state index in [4.69, 9.17) is 16.7 Å². The predicted octanol–water partition coefficient (Wildman–Crippen LogP) is 3.94. The molecule has 1 aromatic carbocycles. The van der Waals surface area contributed by atoms with Gasteiger partial charge in [-0.1, -0.05) is 30.7 Å². The summed E-state index contributed by atoms with van der Waals surface area (Å²) in [6.07, 6.45) is 4.03. The summed E-state index contributed by atoms with van der Waals surface area (Å²) in [5.41, 5.74) is 4.65. The first-order valence-electron chi connectivity index (χ1n) is 9.40. The van der Waals surface area contributed by atoms with E-state index in [1.807, 2.05) is 36.1 Å². The van der Waals surface area contributed by atoms with E-state index in [9.17, 15) is 4.79 Å². The molecule has 0 aliphatic carbocycles. The lowest BCUT2D eigenvalue weighted by molar-refractivity contribution is 0.0715. The molecular weight excluding hydrogens is 362 g/mol. The standard InChI is InChI=1S/C20H22ClN5O/c1-3-16-17(14-7-9-15(21)10-8-14)19-23-22-18(13(2)26(19)24-16)20(27)25-11-5-4-6-12-25/h7-10H,3-6,11-12H2,1-2H3. The molecule has 4 rings (SSSR count). The number of hydrogen-bond donors (Lipinski definition) is 0. The van der Waals surface area contributed by atoms with Gasteiger partial charge in [-0.15, -0.1) is 10.2 Å². The van der Waals surface area contributed by atoms with Gasteiger partial charge in [-0.2, -0.15) is 5.10 Å². The van der Waals surface area contributed by atoms with Crippen molar-refractivity contribution in [2.24, 2.45) is 0 Å². The van der Waals surface area contributed by atoms with E-state index >= 15 is 0 Å².